The number of para-hydroxylation sites is 1. The van der Waals surface area contributed by atoms with Gasteiger partial charge in [0.15, 0.2) is 6.10 Å². The normalized spacial score (nSPS) is 11.5. The second kappa shape index (κ2) is 4.47. The number of carbonyl (C=O) groups excluding carboxylic acids is 1. The van der Waals surface area contributed by atoms with Gasteiger partial charge in [0, 0.05) is 0 Å². The Morgan fingerprint density at radius 3 is 2.87 bits per heavy atom. The molecule has 1 aromatic carbocycles. The Kier molecular flexibility index (Phi) is 3.29. The lowest BCUT2D eigenvalue weighted by molar-refractivity contribution is 0.0432. The van der Waals surface area contributed by atoms with Crippen molar-refractivity contribution in [1.29, 1.82) is 5.26 Å². The number of phenolic OH excluding ortho intramolecular Hbond substituents is 1. The summed E-state index contributed by atoms with van der Waals surface area (Å²) in [5.41, 5.74) is 0.672. The molecule has 0 unspecified atom stereocenters. The minimum Gasteiger partial charge on any atom is -0.507 e. The molecule has 0 aliphatic rings. The van der Waals surface area contributed by atoms with Crippen LogP contribution in [0.5, 0.6) is 5.75 Å². The van der Waals surface area contributed by atoms with E-state index in [-0.39, 0.29) is 11.3 Å². The van der Waals surface area contributed by atoms with Crippen LogP contribution in [0.4, 0.5) is 0 Å². The van der Waals surface area contributed by atoms with Gasteiger partial charge in [-0.3, -0.25) is 0 Å². The van der Waals surface area contributed by atoms with E-state index in [0.29, 0.717) is 5.56 Å². The molecule has 1 atom stereocenters. The molecule has 0 bridgehead atoms. The molecule has 0 aliphatic heterocycles. The maximum absolute atomic E-state index is 11.5. The van der Waals surface area contributed by atoms with Crippen LogP contribution in [0.1, 0.15) is 22.8 Å². The largest absolute Gasteiger partial charge is 0.507 e. The SMILES string of the molecule is Cc1cccc(C(=O)O[C@@H](C)C#N)c1O. The molecule has 4 heteroatoms. The van der Waals surface area contributed by atoms with Crippen LogP contribution in [0.25, 0.3) is 0 Å². The minimum absolute atomic E-state index is 0.0806. The smallest absolute Gasteiger partial charge is 0.343 e. The van der Waals surface area contributed by atoms with E-state index in [1.54, 1.807) is 25.1 Å². The van der Waals surface area contributed by atoms with Crippen molar-refractivity contribution in [2.75, 3.05) is 0 Å². The summed E-state index contributed by atoms with van der Waals surface area (Å²) in [4.78, 5) is 11.5. The van der Waals surface area contributed by atoms with Crippen molar-refractivity contribution in [3.8, 4) is 11.8 Å². The lowest BCUT2D eigenvalue weighted by Gasteiger charge is -2.08. The molecular weight excluding hydrogens is 194 g/mol. The first-order valence-electron chi connectivity index (χ1n) is 4.45. The second-order valence-corrected chi connectivity index (χ2v) is 3.15. The molecule has 4 nitrogen and oxygen atoms in total. The number of aryl methyl sites for hydroxylation is 1. The van der Waals surface area contributed by atoms with Gasteiger partial charge in [-0.25, -0.2) is 4.79 Å². The highest BCUT2D eigenvalue weighted by molar-refractivity contribution is 5.93. The summed E-state index contributed by atoms with van der Waals surface area (Å²) >= 11 is 0. The van der Waals surface area contributed by atoms with Crippen LogP contribution in [-0.2, 0) is 4.74 Å². The van der Waals surface area contributed by atoms with Crippen LogP contribution in [0.15, 0.2) is 18.2 Å². The van der Waals surface area contributed by atoms with Crippen molar-refractivity contribution in [2.24, 2.45) is 0 Å². The number of nitriles is 1. The lowest BCUT2D eigenvalue weighted by atomic mass is 10.1. The van der Waals surface area contributed by atoms with Gasteiger partial charge in [-0.2, -0.15) is 5.26 Å². The predicted octanol–water partition coefficient (Wildman–Crippen LogP) is 1.77. The highest BCUT2D eigenvalue weighted by atomic mass is 16.5. The highest BCUT2D eigenvalue weighted by Crippen LogP contribution is 2.22. The average molecular weight is 205 g/mol. The van der Waals surface area contributed by atoms with Crippen LogP contribution in [0, 0.1) is 18.3 Å². The van der Waals surface area contributed by atoms with Crippen LogP contribution in [-0.4, -0.2) is 17.2 Å². The fourth-order valence-electron chi connectivity index (χ4n) is 1.07. The zero-order chi connectivity index (χ0) is 11.4. The average Bonchev–Trinajstić information content (AvgIpc) is 2.21. The molecule has 0 radical (unpaired) electrons. The molecule has 0 saturated carbocycles. The minimum atomic E-state index is -0.822. The number of ether oxygens (including phenoxy) is 1. The summed E-state index contributed by atoms with van der Waals surface area (Å²) in [5.74, 6) is -0.794. The van der Waals surface area contributed by atoms with Gasteiger partial charge < -0.3 is 9.84 Å². The molecule has 0 aliphatic carbocycles. The molecule has 0 spiro atoms. The molecule has 0 saturated heterocycles. The fraction of sp³-hybridized carbons (Fsp3) is 0.273. The number of esters is 1. The van der Waals surface area contributed by atoms with Crippen LogP contribution >= 0.6 is 0 Å². The number of aromatic hydroxyl groups is 1. The Hall–Kier alpha value is -2.02. The Morgan fingerprint density at radius 1 is 1.60 bits per heavy atom. The van der Waals surface area contributed by atoms with Crippen molar-refractivity contribution in [2.45, 2.75) is 20.0 Å². The van der Waals surface area contributed by atoms with Gasteiger partial charge >= 0.3 is 5.97 Å². The van der Waals surface area contributed by atoms with Crippen LogP contribution < -0.4 is 0 Å². The third-order valence-corrected chi connectivity index (χ3v) is 1.92. The number of hydrogen-bond acceptors (Lipinski definition) is 4. The molecule has 1 N–H and O–H groups in total. The van der Waals surface area contributed by atoms with Gasteiger partial charge in [-0.1, -0.05) is 12.1 Å². The van der Waals surface area contributed by atoms with E-state index < -0.39 is 12.1 Å². The molecule has 1 rings (SSSR count). The zero-order valence-electron chi connectivity index (χ0n) is 8.52. The molecule has 1 aromatic rings. The maximum atomic E-state index is 11.5. The topological polar surface area (TPSA) is 70.3 Å². The fourth-order valence-corrected chi connectivity index (χ4v) is 1.07. The Bertz CT molecular complexity index is 420. The first-order chi connectivity index (χ1) is 7.06. The molecule has 0 heterocycles. The van der Waals surface area contributed by atoms with E-state index in [2.05, 4.69) is 0 Å². The van der Waals surface area contributed by atoms with Crippen molar-refractivity contribution in [3.05, 3.63) is 29.3 Å². The first-order valence-corrected chi connectivity index (χ1v) is 4.45. The standard InChI is InChI=1S/C11H11NO3/c1-7-4-3-5-9(10(7)13)11(14)15-8(2)6-12/h3-5,8,13H,1-2H3/t8-/m0/s1. The number of rotatable bonds is 2. The van der Waals surface area contributed by atoms with Crippen molar-refractivity contribution in [3.63, 3.8) is 0 Å². The molecule has 0 amide bonds. The highest BCUT2D eigenvalue weighted by Gasteiger charge is 2.16. The van der Waals surface area contributed by atoms with E-state index in [4.69, 9.17) is 10.00 Å². The van der Waals surface area contributed by atoms with Crippen LogP contribution in [0.2, 0.25) is 0 Å². The Balaban J connectivity index is 2.93. The zero-order valence-corrected chi connectivity index (χ0v) is 8.52. The number of carbonyl (C=O) groups is 1. The van der Waals surface area contributed by atoms with Crippen LogP contribution in [0.3, 0.4) is 0 Å². The van der Waals surface area contributed by atoms with E-state index in [1.807, 2.05) is 0 Å². The monoisotopic (exact) mass is 205 g/mol. The van der Waals surface area contributed by atoms with Gasteiger partial charge in [0.25, 0.3) is 0 Å². The van der Waals surface area contributed by atoms with Gasteiger partial charge in [-0.15, -0.1) is 0 Å². The summed E-state index contributed by atoms with van der Waals surface area (Å²) in [6.45, 7) is 3.14. The third-order valence-electron chi connectivity index (χ3n) is 1.92. The lowest BCUT2D eigenvalue weighted by Crippen LogP contribution is -2.13. The second-order valence-electron chi connectivity index (χ2n) is 3.15. The Labute approximate surface area is 87.7 Å². The molecule has 0 fully saturated rings. The van der Waals surface area contributed by atoms with E-state index in [1.165, 1.54) is 13.0 Å². The van der Waals surface area contributed by atoms with E-state index >= 15 is 0 Å². The van der Waals surface area contributed by atoms with Crippen molar-refractivity contribution < 1.29 is 14.6 Å². The van der Waals surface area contributed by atoms with Crippen molar-refractivity contribution in [1.82, 2.24) is 0 Å². The van der Waals surface area contributed by atoms with E-state index in [9.17, 15) is 9.90 Å². The Morgan fingerprint density at radius 2 is 2.27 bits per heavy atom. The summed E-state index contributed by atoms with van der Waals surface area (Å²) in [7, 11) is 0. The summed E-state index contributed by atoms with van der Waals surface area (Å²) in [6.07, 6.45) is -0.822. The molecule has 78 valence electrons. The number of phenols is 1. The molecule has 0 aromatic heterocycles. The maximum Gasteiger partial charge on any atom is 0.343 e. The molecule has 15 heavy (non-hydrogen) atoms. The van der Waals surface area contributed by atoms with Gasteiger partial charge in [0.1, 0.15) is 17.4 Å². The number of nitrogens with zero attached hydrogens (tertiary/aromatic N) is 1. The van der Waals surface area contributed by atoms with Gasteiger partial charge in [-0.05, 0) is 25.5 Å². The molecular formula is C11H11NO3. The van der Waals surface area contributed by atoms with Gasteiger partial charge in [0.05, 0.1) is 0 Å². The van der Waals surface area contributed by atoms with E-state index in [0.717, 1.165) is 0 Å². The first kappa shape index (κ1) is 11.1. The summed E-state index contributed by atoms with van der Waals surface area (Å²) in [5, 5.41) is 18.0. The summed E-state index contributed by atoms with van der Waals surface area (Å²) in [6, 6.07) is 6.55. The number of benzene rings is 1. The quantitative estimate of drug-likeness (QED) is 0.747. The predicted molar refractivity (Wildman–Crippen MR) is 53.3 cm³/mol. The summed E-state index contributed by atoms with van der Waals surface area (Å²) < 4.78 is 4.76. The third kappa shape index (κ3) is 2.47. The van der Waals surface area contributed by atoms with Crippen molar-refractivity contribution >= 4 is 5.97 Å². The number of hydrogen-bond donors (Lipinski definition) is 1. The van der Waals surface area contributed by atoms with Gasteiger partial charge in [0.2, 0.25) is 0 Å².